The average Bonchev–Trinajstić information content (AvgIpc) is 3.16. The van der Waals surface area contributed by atoms with Gasteiger partial charge in [-0.2, -0.15) is 0 Å². The SMILES string of the molecule is O=C(NC1CCN(C(=O)c2ccccc2S)CC1)c1ccc2c(c1)OCO2. The van der Waals surface area contributed by atoms with Crippen molar-refractivity contribution in [1.82, 2.24) is 10.2 Å². The van der Waals surface area contributed by atoms with Crippen molar-refractivity contribution >= 4 is 24.4 Å². The highest BCUT2D eigenvalue weighted by Crippen LogP contribution is 2.32. The Labute approximate surface area is 162 Å². The molecule has 2 heterocycles. The quantitative estimate of drug-likeness (QED) is 0.799. The van der Waals surface area contributed by atoms with Crippen LogP contribution in [0.4, 0.5) is 0 Å². The summed E-state index contributed by atoms with van der Waals surface area (Å²) < 4.78 is 10.6. The number of fused-ring (bicyclic) bond motifs is 1. The summed E-state index contributed by atoms with van der Waals surface area (Å²) in [6, 6.07) is 12.5. The molecule has 6 nitrogen and oxygen atoms in total. The van der Waals surface area contributed by atoms with E-state index in [9.17, 15) is 9.59 Å². The van der Waals surface area contributed by atoms with Crippen molar-refractivity contribution < 1.29 is 19.1 Å². The number of likely N-dealkylation sites (tertiary alicyclic amines) is 1. The second kappa shape index (κ2) is 7.52. The van der Waals surface area contributed by atoms with Crippen LogP contribution in [-0.4, -0.2) is 42.6 Å². The summed E-state index contributed by atoms with van der Waals surface area (Å²) in [5, 5.41) is 3.05. The van der Waals surface area contributed by atoms with Gasteiger partial charge in [0.25, 0.3) is 11.8 Å². The molecular formula is C20H20N2O4S. The van der Waals surface area contributed by atoms with Gasteiger partial charge in [-0.1, -0.05) is 12.1 Å². The number of hydrogen-bond donors (Lipinski definition) is 2. The summed E-state index contributed by atoms with van der Waals surface area (Å²) in [7, 11) is 0. The maximum absolute atomic E-state index is 12.6. The van der Waals surface area contributed by atoms with Crippen LogP contribution in [0.1, 0.15) is 33.6 Å². The van der Waals surface area contributed by atoms with Crippen molar-refractivity contribution in [3.8, 4) is 11.5 Å². The molecule has 0 bridgehead atoms. The van der Waals surface area contributed by atoms with Crippen LogP contribution in [-0.2, 0) is 0 Å². The summed E-state index contributed by atoms with van der Waals surface area (Å²) in [4.78, 5) is 27.6. The Hall–Kier alpha value is -2.67. The minimum absolute atomic E-state index is 0.0128. The lowest BCUT2D eigenvalue weighted by Gasteiger charge is -2.32. The van der Waals surface area contributed by atoms with E-state index in [-0.39, 0.29) is 24.6 Å². The molecule has 0 unspecified atom stereocenters. The van der Waals surface area contributed by atoms with Gasteiger partial charge in [-0.3, -0.25) is 9.59 Å². The standard InChI is InChI=1S/C20H20N2O4S/c23-19(13-5-6-16-17(11-13)26-12-25-16)21-14-7-9-22(10-8-14)20(24)15-3-1-2-4-18(15)27/h1-6,11,14,27H,7-10,12H2,(H,21,23). The third-order valence-corrected chi connectivity index (χ3v) is 5.28. The zero-order valence-electron chi connectivity index (χ0n) is 14.7. The van der Waals surface area contributed by atoms with Crippen molar-refractivity contribution in [2.75, 3.05) is 19.9 Å². The predicted molar refractivity (Wildman–Crippen MR) is 103 cm³/mol. The molecule has 0 atom stereocenters. The first-order valence-electron chi connectivity index (χ1n) is 8.89. The van der Waals surface area contributed by atoms with Crippen LogP contribution >= 0.6 is 12.6 Å². The summed E-state index contributed by atoms with van der Waals surface area (Å²) in [6.07, 6.45) is 1.44. The first kappa shape index (κ1) is 17.7. The van der Waals surface area contributed by atoms with Gasteiger partial charge in [0.15, 0.2) is 11.5 Å². The van der Waals surface area contributed by atoms with E-state index >= 15 is 0 Å². The van der Waals surface area contributed by atoms with Gasteiger partial charge >= 0.3 is 0 Å². The molecule has 1 saturated heterocycles. The fraction of sp³-hybridized carbons (Fsp3) is 0.300. The second-order valence-electron chi connectivity index (χ2n) is 6.63. The third-order valence-electron chi connectivity index (χ3n) is 4.89. The molecule has 2 aromatic carbocycles. The maximum Gasteiger partial charge on any atom is 0.254 e. The summed E-state index contributed by atoms with van der Waals surface area (Å²) in [5.74, 6) is 1.09. The number of nitrogens with zero attached hydrogens (tertiary/aromatic N) is 1. The van der Waals surface area contributed by atoms with E-state index in [2.05, 4.69) is 17.9 Å². The third kappa shape index (κ3) is 3.73. The fourth-order valence-corrected chi connectivity index (χ4v) is 3.61. The number of carbonyl (C=O) groups excluding carboxylic acids is 2. The highest BCUT2D eigenvalue weighted by Gasteiger charge is 2.26. The Morgan fingerprint density at radius 1 is 1.04 bits per heavy atom. The van der Waals surface area contributed by atoms with E-state index in [0.29, 0.717) is 40.6 Å². The highest BCUT2D eigenvalue weighted by molar-refractivity contribution is 7.80. The van der Waals surface area contributed by atoms with Gasteiger partial charge in [0.05, 0.1) is 5.56 Å². The van der Waals surface area contributed by atoms with E-state index in [1.807, 2.05) is 23.1 Å². The monoisotopic (exact) mass is 384 g/mol. The molecule has 0 aromatic heterocycles. The lowest BCUT2D eigenvalue weighted by Crippen LogP contribution is -2.46. The molecule has 140 valence electrons. The smallest absolute Gasteiger partial charge is 0.254 e. The Morgan fingerprint density at radius 2 is 1.78 bits per heavy atom. The number of nitrogens with one attached hydrogen (secondary N) is 1. The molecule has 2 aromatic rings. The average molecular weight is 384 g/mol. The Morgan fingerprint density at radius 3 is 2.56 bits per heavy atom. The summed E-state index contributed by atoms with van der Waals surface area (Å²) in [6.45, 7) is 1.39. The normalized spacial score (nSPS) is 16.3. The van der Waals surface area contributed by atoms with Crippen LogP contribution < -0.4 is 14.8 Å². The van der Waals surface area contributed by atoms with Gasteiger partial charge in [-0.15, -0.1) is 12.6 Å². The van der Waals surface area contributed by atoms with Gasteiger partial charge in [-0.05, 0) is 43.2 Å². The van der Waals surface area contributed by atoms with Gasteiger partial charge in [0.1, 0.15) is 0 Å². The maximum atomic E-state index is 12.6. The van der Waals surface area contributed by atoms with Crippen molar-refractivity contribution in [3.05, 3.63) is 53.6 Å². The van der Waals surface area contributed by atoms with Crippen LogP contribution in [0.25, 0.3) is 0 Å². The Bertz CT molecular complexity index is 878. The topological polar surface area (TPSA) is 67.9 Å². The van der Waals surface area contributed by atoms with Gasteiger partial charge < -0.3 is 19.7 Å². The number of thiol groups is 1. The number of carbonyl (C=O) groups is 2. The second-order valence-corrected chi connectivity index (χ2v) is 7.11. The number of rotatable bonds is 3. The van der Waals surface area contributed by atoms with Crippen LogP contribution in [0.2, 0.25) is 0 Å². The van der Waals surface area contributed by atoms with Crippen LogP contribution in [0.3, 0.4) is 0 Å². The molecule has 1 fully saturated rings. The molecule has 0 saturated carbocycles. The number of piperidine rings is 1. The Balaban J connectivity index is 1.33. The van der Waals surface area contributed by atoms with E-state index in [0.717, 1.165) is 12.8 Å². The largest absolute Gasteiger partial charge is 0.454 e. The van der Waals surface area contributed by atoms with Crippen LogP contribution in [0.15, 0.2) is 47.4 Å². The van der Waals surface area contributed by atoms with Crippen molar-refractivity contribution in [3.63, 3.8) is 0 Å². The molecule has 0 spiro atoms. The molecular weight excluding hydrogens is 364 g/mol. The van der Waals surface area contributed by atoms with Crippen molar-refractivity contribution in [2.24, 2.45) is 0 Å². The van der Waals surface area contributed by atoms with E-state index in [1.165, 1.54) is 0 Å². The lowest BCUT2D eigenvalue weighted by atomic mass is 10.0. The van der Waals surface area contributed by atoms with Crippen molar-refractivity contribution in [2.45, 2.75) is 23.8 Å². The first-order valence-corrected chi connectivity index (χ1v) is 9.34. The number of hydrogen-bond acceptors (Lipinski definition) is 5. The number of benzene rings is 2. The minimum Gasteiger partial charge on any atom is -0.454 e. The molecule has 27 heavy (non-hydrogen) atoms. The number of amides is 2. The van der Waals surface area contributed by atoms with E-state index in [4.69, 9.17) is 9.47 Å². The van der Waals surface area contributed by atoms with E-state index in [1.54, 1.807) is 24.3 Å². The molecule has 2 aliphatic heterocycles. The van der Waals surface area contributed by atoms with Gasteiger partial charge in [-0.25, -0.2) is 0 Å². The predicted octanol–water partition coefficient (Wildman–Crippen LogP) is 2.74. The fourth-order valence-electron chi connectivity index (χ4n) is 3.36. The van der Waals surface area contributed by atoms with Gasteiger partial charge in [0.2, 0.25) is 6.79 Å². The summed E-state index contributed by atoms with van der Waals surface area (Å²) >= 11 is 4.36. The van der Waals surface area contributed by atoms with E-state index < -0.39 is 0 Å². The van der Waals surface area contributed by atoms with Crippen LogP contribution in [0, 0.1) is 0 Å². The summed E-state index contributed by atoms with van der Waals surface area (Å²) in [5.41, 5.74) is 1.16. The Kier molecular flexibility index (Phi) is 4.94. The first-order chi connectivity index (χ1) is 13.1. The molecule has 0 aliphatic carbocycles. The molecule has 4 rings (SSSR count). The molecule has 0 radical (unpaired) electrons. The minimum atomic E-state index is -0.140. The molecule has 7 heteroatoms. The molecule has 1 N–H and O–H groups in total. The zero-order chi connectivity index (χ0) is 18.8. The van der Waals surface area contributed by atoms with Crippen molar-refractivity contribution in [1.29, 1.82) is 0 Å². The molecule has 2 amide bonds. The number of ether oxygens (including phenoxy) is 2. The molecule has 2 aliphatic rings. The van der Waals surface area contributed by atoms with Gasteiger partial charge in [0, 0.05) is 29.6 Å². The highest BCUT2D eigenvalue weighted by atomic mass is 32.1. The van der Waals surface area contributed by atoms with Crippen LogP contribution in [0.5, 0.6) is 11.5 Å². The lowest BCUT2D eigenvalue weighted by molar-refractivity contribution is 0.0694. The zero-order valence-corrected chi connectivity index (χ0v) is 15.6.